The van der Waals surface area contributed by atoms with Crippen molar-refractivity contribution in [2.45, 2.75) is 13.0 Å². The lowest BCUT2D eigenvalue weighted by atomic mass is 10.3. The standard InChI is InChI=1S/C11H18N2O3S/c1-12-8-10-4-5-11(9-13-10)16-6-3-7-17(2,14)15/h4-5,9,12H,3,6-8H2,1-2H3. The van der Waals surface area contributed by atoms with Crippen LogP contribution in [0.4, 0.5) is 0 Å². The van der Waals surface area contributed by atoms with E-state index in [2.05, 4.69) is 10.3 Å². The van der Waals surface area contributed by atoms with Crippen LogP contribution in [-0.2, 0) is 16.4 Å². The molecule has 0 atom stereocenters. The molecule has 0 aliphatic rings. The number of rotatable bonds is 7. The number of hydrogen-bond acceptors (Lipinski definition) is 5. The molecule has 1 aromatic rings. The number of hydrogen-bond donors (Lipinski definition) is 1. The topological polar surface area (TPSA) is 68.3 Å². The fraction of sp³-hybridized carbons (Fsp3) is 0.545. The van der Waals surface area contributed by atoms with Gasteiger partial charge in [-0.1, -0.05) is 0 Å². The summed E-state index contributed by atoms with van der Waals surface area (Å²) in [4.78, 5) is 4.19. The van der Waals surface area contributed by atoms with E-state index in [4.69, 9.17) is 4.74 Å². The van der Waals surface area contributed by atoms with Gasteiger partial charge in [0.1, 0.15) is 15.6 Å². The van der Waals surface area contributed by atoms with Gasteiger partial charge in [-0.3, -0.25) is 4.98 Å². The second-order valence-corrected chi connectivity index (χ2v) is 6.11. The molecule has 0 aliphatic heterocycles. The van der Waals surface area contributed by atoms with Gasteiger partial charge in [0.05, 0.1) is 24.3 Å². The zero-order valence-electron chi connectivity index (χ0n) is 10.1. The molecule has 0 aliphatic carbocycles. The van der Waals surface area contributed by atoms with Crippen LogP contribution < -0.4 is 10.1 Å². The van der Waals surface area contributed by atoms with Crippen molar-refractivity contribution in [1.29, 1.82) is 0 Å². The van der Waals surface area contributed by atoms with Gasteiger partial charge in [-0.25, -0.2) is 8.42 Å². The molecule has 6 heteroatoms. The Bertz CT molecular complexity index is 429. The summed E-state index contributed by atoms with van der Waals surface area (Å²) in [6.07, 6.45) is 3.37. The van der Waals surface area contributed by atoms with Gasteiger partial charge in [0, 0.05) is 12.8 Å². The van der Waals surface area contributed by atoms with Gasteiger partial charge in [0.2, 0.25) is 0 Å². The van der Waals surface area contributed by atoms with Crippen molar-refractivity contribution in [1.82, 2.24) is 10.3 Å². The number of nitrogens with one attached hydrogen (secondary N) is 1. The summed E-state index contributed by atoms with van der Waals surface area (Å²) >= 11 is 0. The van der Waals surface area contributed by atoms with Crippen LogP contribution in [0.5, 0.6) is 5.75 Å². The SMILES string of the molecule is CNCc1ccc(OCCCS(C)(=O)=O)cn1. The molecule has 1 heterocycles. The molecule has 0 unspecified atom stereocenters. The molecule has 0 saturated heterocycles. The monoisotopic (exact) mass is 258 g/mol. The first-order valence-corrected chi connectivity index (χ1v) is 7.47. The molecule has 17 heavy (non-hydrogen) atoms. The Morgan fingerprint density at radius 3 is 2.71 bits per heavy atom. The summed E-state index contributed by atoms with van der Waals surface area (Å²) in [7, 11) is -1.04. The molecular weight excluding hydrogens is 240 g/mol. The van der Waals surface area contributed by atoms with Gasteiger partial charge in [-0.15, -0.1) is 0 Å². The maximum Gasteiger partial charge on any atom is 0.147 e. The Morgan fingerprint density at radius 2 is 2.18 bits per heavy atom. The third kappa shape index (κ3) is 6.23. The highest BCUT2D eigenvalue weighted by Crippen LogP contribution is 2.09. The molecule has 0 spiro atoms. The van der Waals surface area contributed by atoms with E-state index in [1.807, 2.05) is 19.2 Å². The van der Waals surface area contributed by atoms with Crippen molar-refractivity contribution >= 4 is 9.84 Å². The lowest BCUT2D eigenvalue weighted by Gasteiger charge is -2.06. The van der Waals surface area contributed by atoms with E-state index >= 15 is 0 Å². The zero-order valence-corrected chi connectivity index (χ0v) is 11.0. The molecule has 0 fully saturated rings. The first kappa shape index (κ1) is 13.9. The number of aromatic nitrogens is 1. The molecule has 0 aromatic carbocycles. The first-order chi connectivity index (χ1) is 8.01. The fourth-order valence-corrected chi connectivity index (χ4v) is 1.94. The fourth-order valence-electron chi connectivity index (χ4n) is 1.29. The summed E-state index contributed by atoms with van der Waals surface area (Å²) in [5.74, 6) is 0.816. The van der Waals surface area contributed by atoms with Crippen LogP contribution in [0.3, 0.4) is 0 Å². The maximum atomic E-state index is 10.9. The Kier molecular flexibility index (Phi) is 5.37. The van der Waals surface area contributed by atoms with Crippen LogP contribution in [0.1, 0.15) is 12.1 Å². The summed E-state index contributed by atoms with van der Waals surface area (Å²) in [6.45, 7) is 1.11. The van der Waals surface area contributed by atoms with Crippen molar-refractivity contribution < 1.29 is 13.2 Å². The summed E-state index contributed by atoms with van der Waals surface area (Å²) in [5, 5.41) is 3.00. The minimum atomic E-state index is -2.90. The van der Waals surface area contributed by atoms with E-state index in [0.29, 0.717) is 25.3 Å². The van der Waals surface area contributed by atoms with Gasteiger partial charge in [-0.05, 0) is 25.6 Å². The van der Waals surface area contributed by atoms with Gasteiger partial charge in [-0.2, -0.15) is 0 Å². The van der Waals surface area contributed by atoms with Gasteiger partial charge >= 0.3 is 0 Å². The lowest BCUT2D eigenvalue weighted by Crippen LogP contribution is -2.09. The predicted octanol–water partition coefficient (Wildman–Crippen LogP) is 0.615. The van der Waals surface area contributed by atoms with E-state index in [9.17, 15) is 8.42 Å². The minimum Gasteiger partial charge on any atom is -0.492 e. The van der Waals surface area contributed by atoms with E-state index in [0.717, 1.165) is 5.69 Å². The number of nitrogens with zero attached hydrogens (tertiary/aromatic N) is 1. The molecule has 96 valence electrons. The normalized spacial score (nSPS) is 11.4. The maximum absolute atomic E-state index is 10.9. The first-order valence-electron chi connectivity index (χ1n) is 5.41. The van der Waals surface area contributed by atoms with Crippen LogP contribution in [0.2, 0.25) is 0 Å². The molecule has 0 saturated carbocycles. The zero-order chi connectivity index (χ0) is 12.7. The number of ether oxygens (including phenoxy) is 1. The van der Waals surface area contributed by atoms with Crippen LogP contribution in [0.15, 0.2) is 18.3 Å². The van der Waals surface area contributed by atoms with Crippen LogP contribution in [0.25, 0.3) is 0 Å². The molecule has 1 aromatic heterocycles. The molecule has 1 N–H and O–H groups in total. The summed E-state index contributed by atoms with van der Waals surface area (Å²) in [5.41, 5.74) is 0.941. The highest BCUT2D eigenvalue weighted by Gasteiger charge is 2.02. The lowest BCUT2D eigenvalue weighted by molar-refractivity contribution is 0.316. The van der Waals surface area contributed by atoms with Crippen molar-refractivity contribution in [2.24, 2.45) is 0 Å². The average Bonchev–Trinajstić information content (AvgIpc) is 2.26. The Morgan fingerprint density at radius 1 is 1.41 bits per heavy atom. The van der Waals surface area contributed by atoms with Gasteiger partial charge < -0.3 is 10.1 Å². The van der Waals surface area contributed by atoms with E-state index in [-0.39, 0.29) is 5.75 Å². The van der Waals surface area contributed by atoms with Crippen molar-refractivity contribution in [3.8, 4) is 5.75 Å². The van der Waals surface area contributed by atoms with Crippen LogP contribution in [-0.4, -0.2) is 39.1 Å². The van der Waals surface area contributed by atoms with E-state index in [1.54, 1.807) is 6.20 Å². The second kappa shape index (κ2) is 6.56. The number of sulfone groups is 1. The average molecular weight is 258 g/mol. The Balaban J connectivity index is 2.32. The Labute approximate surface area is 102 Å². The quantitative estimate of drug-likeness (QED) is 0.726. The molecule has 0 bridgehead atoms. The van der Waals surface area contributed by atoms with Crippen molar-refractivity contribution in [3.63, 3.8) is 0 Å². The molecule has 0 radical (unpaired) electrons. The van der Waals surface area contributed by atoms with Crippen molar-refractivity contribution in [2.75, 3.05) is 25.7 Å². The third-order valence-electron chi connectivity index (χ3n) is 2.08. The molecule has 1 rings (SSSR count). The molecular formula is C11H18N2O3S. The second-order valence-electron chi connectivity index (χ2n) is 3.85. The molecule has 5 nitrogen and oxygen atoms in total. The minimum absolute atomic E-state index is 0.151. The highest BCUT2D eigenvalue weighted by atomic mass is 32.2. The van der Waals surface area contributed by atoms with Gasteiger partial charge in [0.25, 0.3) is 0 Å². The highest BCUT2D eigenvalue weighted by molar-refractivity contribution is 7.90. The third-order valence-corrected chi connectivity index (χ3v) is 3.11. The van der Waals surface area contributed by atoms with E-state index in [1.165, 1.54) is 6.26 Å². The van der Waals surface area contributed by atoms with E-state index < -0.39 is 9.84 Å². The van der Waals surface area contributed by atoms with Crippen molar-refractivity contribution in [3.05, 3.63) is 24.0 Å². The largest absolute Gasteiger partial charge is 0.492 e. The smallest absolute Gasteiger partial charge is 0.147 e. The van der Waals surface area contributed by atoms with Crippen LogP contribution >= 0.6 is 0 Å². The summed E-state index contributed by atoms with van der Waals surface area (Å²) < 4.78 is 27.2. The Hall–Kier alpha value is -1.14. The van der Waals surface area contributed by atoms with Gasteiger partial charge in [0.15, 0.2) is 0 Å². The molecule has 0 amide bonds. The summed E-state index contributed by atoms with van der Waals surface area (Å²) in [6, 6.07) is 3.71. The van der Waals surface area contributed by atoms with Crippen LogP contribution in [0, 0.1) is 0 Å². The predicted molar refractivity (Wildman–Crippen MR) is 66.8 cm³/mol. The number of pyridine rings is 1.